The van der Waals surface area contributed by atoms with E-state index in [1.165, 1.54) is 12.2 Å². The molecule has 1 nitrogen and oxygen atoms in total. The van der Waals surface area contributed by atoms with Crippen LogP contribution in [-0.4, -0.2) is 18.1 Å². The number of thioether (sulfide) groups is 1. The summed E-state index contributed by atoms with van der Waals surface area (Å²) in [6.07, 6.45) is 8.68. The van der Waals surface area contributed by atoms with Crippen LogP contribution in [0.15, 0.2) is 12.7 Å². The summed E-state index contributed by atoms with van der Waals surface area (Å²) in [4.78, 5) is 0. The first kappa shape index (κ1) is 11.1. The lowest BCUT2D eigenvalue weighted by atomic mass is 10.1. The number of nitrogens with two attached hydrogens (primary N) is 1. The quantitative estimate of drug-likeness (QED) is 0.472. The molecule has 0 aromatic rings. The summed E-state index contributed by atoms with van der Waals surface area (Å²) in [7, 11) is 0. The van der Waals surface area contributed by atoms with Gasteiger partial charge in [-0.1, -0.05) is 6.08 Å². The highest BCUT2D eigenvalue weighted by Crippen LogP contribution is 2.05. The smallest absolute Gasteiger partial charge is 0.00467 e. The summed E-state index contributed by atoms with van der Waals surface area (Å²) >= 11 is 1.87. The summed E-state index contributed by atoms with van der Waals surface area (Å²) in [5, 5.41) is 0. The first-order chi connectivity index (χ1) is 5.31. The largest absolute Gasteiger partial charge is 0.328 e. The highest BCUT2D eigenvalue weighted by atomic mass is 32.2. The molecule has 0 spiro atoms. The van der Waals surface area contributed by atoms with Crippen LogP contribution >= 0.6 is 11.8 Å². The normalized spacial score (nSPS) is 12.9. The van der Waals surface area contributed by atoms with Crippen LogP contribution < -0.4 is 5.73 Å². The van der Waals surface area contributed by atoms with Crippen molar-refractivity contribution in [3.8, 4) is 0 Å². The second kappa shape index (κ2) is 8.15. The standard InChI is InChI=1S/C9H19NS/c1-3-4-5-6-9(10)7-8-11-2/h3,9H,1,4-8,10H2,2H3. The van der Waals surface area contributed by atoms with Gasteiger partial charge in [-0.15, -0.1) is 6.58 Å². The van der Waals surface area contributed by atoms with Crippen LogP contribution in [0.4, 0.5) is 0 Å². The molecule has 0 amide bonds. The van der Waals surface area contributed by atoms with E-state index in [1.807, 2.05) is 17.8 Å². The zero-order chi connectivity index (χ0) is 8.53. The van der Waals surface area contributed by atoms with Crippen molar-refractivity contribution < 1.29 is 0 Å². The molecule has 0 aromatic carbocycles. The molecular formula is C9H19NS. The first-order valence-electron chi connectivity index (χ1n) is 4.16. The highest BCUT2D eigenvalue weighted by molar-refractivity contribution is 7.98. The Balaban J connectivity index is 3.08. The van der Waals surface area contributed by atoms with E-state index in [4.69, 9.17) is 5.73 Å². The molecule has 0 radical (unpaired) electrons. The van der Waals surface area contributed by atoms with E-state index in [2.05, 4.69) is 12.8 Å². The van der Waals surface area contributed by atoms with Gasteiger partial charge in [0.1, 0.15) is 0 Å². The molecule has 0 saturated carbocycles. The molecule has 0 fully saturated rings. The van der Waals surface area contributed by atoms with Gasteiger partial charge in [0.05, 0.1) is 0 Å². The molecule has 1 atom stereocenters. The molecule has 2 N–H and O–H groups in total. The van der Waals surface area contributed by atoms with E-state index in [-0.39, 0.29) is 0 Å². The Hall–Kier alpha value is 0.0500. The van der Waals surface area contributed by atoms with Gasteiger partial charge in [-0.2, -0.15) is 11.8 Å². The van der Waals surface area contributed by atoms with Crippen molar-refractivity contribution in [2.24, 2.45) is 5.73 Å². The van der Waals surface area contributed by atoms with Crippen LogP contribution in [-0.2, 0) is 0 Å². The molecule has 0 aliphatic heterocycles. The fraction of sp³-hybridized carbons (Fsp3) is 0.778. The molecule has 0 aliphatic rings. The summed E-state index contributed by atoms with van der Waals surface area (Å²) in [5.74, 6) is 1.19. The lowest BCUT2D eigenvalue weighted by Gasteiger charge is -2.08. The zero-order valence-corrected chi connectivity index (χ0v) is 8.20. The SMILES string of the molecule is C=CCCCC(N)CCSC. The average Bonchev–Trinajstić information content (AvgIpc) is 2.01. The fourth-order valence-electron chi connectivity index (χ4n) is 0.938. The van der Waals surface area contributed by atoms with Crippen molar-refractivity contribution in [3.63, 3.8) is 0 Å². The van der Waals surface area contributed by atoms with E-state index in [1.54, 1.807) is 0 Å². The van der Waals surface area contributed by atoms with Crippen LogP contribution in [0.5, 0.6) is 0 Å². The molecule has 66 valence electrons. The predicted molar refractivity (Wildman–Crippen MR) is 55.0 cm³/mol. The topological polar surface area (TPSA) is 26.0 Å². The molecule has 0 saturated heterocycles. The van der Waals surface area contributed by atoms with E-state index in [0.29, 0.717) is 6.04 Å². The van der Waals surface area contributed by atoms with E-state index >= 15 is 0 Å². The second-order valence-corrected chi connectivity index (χ2v) is 3.75. The van der Waals surface area contributed by atoms with Crippen LogP contribution in [0.25, 0.3) is 0 Å². The summed E-state index contributed by atoms with van der Waals surface area (Å²) in [6.45, 7) is 3.67. The molecule has 0 heterocycles. The van der Waals surface area contributed by atoms with Gasteiger partial charge in [-0.05, 0) is 37.7 Å². The van der Waals surface area contributed by atoms with Crippen molar-refractivity contribution >= 4 is 11.8 Å². The zero-order valence-electron chi connectivity index (χ0n) is 7.38. The van der Waals surface area contributed by atoms with Crippen LogP contribution in [0.1, 0.15) is 25.7 Å². The Morgan fingerprint density at radius 2 is 2.27 bits per heavy atom. The predicted octanol–water partition coefficient (Wildman–Crippen LogP) is 2.42. The Kier molecular flexibility index (Phi) is 8.19. The molecular weight excluding hydrogens is 154 g/mol. The summed E-state index contributed by atoms with van der Waals surface area (Å²) in [5.41, 5.74) is 5.85. The van der Waals surface area contributed by atoms with Gasteiger partial charge in [-0.3, -0.25) is 0 Å². The van der Waals surface area contributed by atoms with E-state index in [9.17, 15) is 0 Å². The number of rotatable bonds is 7. The minimum Gasteiger partial charge on any atom is -0.328 e. The van der Waals surface area contributed by atoms with Crippen molar-refractivity contribution in [2.75, 3.05) is 12.0 Å². The number of hydrogen-bond donors (Lipinski definition) is 1. The van der Waals surface area contributed by atoms with E-state index in [0.717, 1.165) is 19.3 Å². The molecule has 11 heavy (non-hydrogen) atoms. The van der Waals surface area contributed by atoms with Crippen molar-refractivity contribution in [1.29, 1.82) is 0 Å². The minimum atomic E-state index is 0.405. The summed E-state index contributed by atoms with van der Waals surface area (Å²) < 4.78 is 0. The Morgan fingerprint density at radius 3 is 2.82 bits per heavy atom. The Morgan fingerprint density at radius 1 is 1.55 bits per heavy atom. The maximum absolute atomic E-state index is 5.85. The number of allylic oxidation sites excluding steroid dienone is 1. The molecule has 0 bridgehead atoms. The number of unbranched alkanes of at least 4 members (excludes halogenated alkanes) is 1. The molecule has 0 aliphatic carbocycles. The van der Waals surface area contributed by atoms with Gasteiger partial charge in [-0.25, -0.2) is 0 Å². The maximum Gasteiger partial charge on any atom is 0.00467 e. The third-order valence-electron chi connectivity index (χ3n) is 1.68. The average molecular weight is 173 g/mol. The monoisotopic (exact) mass is 173 g/mol. The maximum atomic E-state index is 5.85. The van der Waals surface area contributed by atoms with Crippen LogP contribution in [0, 0.1) is 0 Å². The first-order valence-corrected chi connectivity index (χ1v) is 5.56. The molecule has 1 unspecified atom stereocenters. The molecule has 0 aromatic heterocycles. The van der Waals surface area contributed by atoms with Crippen LogP contribution in [0.2, 0.25) is 0 Å². The lowest BCUT2D eigenvalue weighted by Crippen LogP contribution is -2.20. The third kappa shape index (κ3) is 7.95. The third-order valence-corrected chi connectivity index (χ3v) is 2.32. The summed E-state index contributed by atoms with van der Waals surface area (Å²) in [6, 6.07) is 0.405. The van der Waals surface area contributed by atoms with Gasteiger partial charge < -0.3 is 5.73 Å². The van der Waals surface area contributed by atoms with Gasteiger partial charge in [0.15, 0.2) is 0 Å². The van der Waals surface area contributed by atoms with Gasteiger partial charge in [0, 0.05) is 6.04 Å². The molecule has 2 heteroatoms. The Bertz CT molecular complexity index is 93.6. The van der Waals surface area contributed by atoms with Gasteiger partial charge >= 0.3 is 0 Å². The van der Waals surface area contributed by atoms with Crippen molar-refractivity contribution in [3.05, 3.63) is 12.7 Å². The molecule has 0 rings (SSSR count). The second-order valence-electron chi connectivity index (χ2n) is 2.76. The van der Waals surface area contributed by atoms with Gasteiger partial charge in [0.25, 0.3) is 0 Å². The Labute approximate surface area is 74.4 Å². The highest BCUT2D eigenvalue weighted by Gasteiger charge is 1.99. The van der Waals surface area contributed by atoms with Crippen molar-refractivity contribution in [1.82, 2.24) is 0 Å². The minimum absolute atomic E-state index is 0.405. The van der Waals surface area contributed by atoms with Gasteiger partial charge in [0.2, 0.25) is 0 Å². The van der Waals surface area contributed by atoms with Crippen LogP contribution in [0.3, 0.4) is 0 Å². The van der Waals surface area contributed by atoms with E-state index < -0.39 is 0 Å². The lowest BCUT2D eigenvalue weighted by molar-refractivity contribution is 0.576. The van der Waals surface area contributed by atoms with Crippen molar-refractivity contribution in [2.45, 2.75) is 31.7 Å². The fourth-order valence-corrected chi connectivity index (χ4v) is 1.48. The number of hydrogen-bond acceptors (Lipinski definition) is 2.